The van der Waals surface area contributed by atoms with Crippen molar-refractivity contribution in [3.8, 4) is 5.75 Å². The Morgan fingerprint density at radius 3 is 2.43 bits per heavy atom. The van der Waals surface area contributed by atoms with Crippen molar-refractivity contribution in [1.82, 2.24) is 0 Å². The second-order valence-corrected chi connectivity index (χ2v) is 6.98. The Morgan fingerprint density at radius 2 is 1.75 bits per heavy atom. The van der Waals surface area contributed by atoms with E-state index in [0.29, 0.717) is 12.4 Å². The van der Waals surface area contributed by atoms with Crippen molar-refractivity contribution in [3.05, 3.63) is 71.8 Å². The zero-order valence-corrected chi connectivity index (χ0v) is 16.9. The van der Waals surface area contributed by atoms with E-state index in [4.69, 9.17) is 9.47 Å². The standard InChI is InChI=1S/C24H30O4/c1-4-10-22(18(2)25)19(3)28-24(26)16-15-21-13-8-9-14-23(21)27-17-20-11-6-5-7-12-20/h5-9,11-16,18-19,22,25H,4,10,17H2,1-3H3/t18-,19+,22?/m1/s1. The molecular weight excluding hydrogens is 352 g/mol. The van der Waals surface area contributed by atoms with Crippen LogP contribution in [-0.2, 0) is 16.1 Å². The first kappa shape index (κ1) is 21.7. The van der Waals surface area contributed by atoms with Gasteiger partial charge in [-0.25, -0.2) is 4.79 Å². The fraction of sp³-hybridized carbons (Fsp3) is 0.375. The number of carbonyl (C=O) groups is 1. The summed E-state index contributed by atoms with van der Waals surface area (Å²) in [6.45, 7) is 6.08. The van der Waals surface area contributed by atoms with Crippen molar-refractivity contribution in [3.63, 3.8) is 0 Å². The van der Waals surface area contributed by atoms with Crippen LogP contribution in [0.15, 0.2) is 60.7 Å². The number of ether oxygens (including phenoxy) is 2. The van der Waals surface area contributed by atoms with Gasteiger partial charge in [0, 0.05) is 17.6 Å². The average molecular weight is 383 g/mol. The zero-order chi connectivity index (χ0) is 20.4. The maximum Gasteiger partial charge on any atom is 0.331 e. The molecule has 0 radical (unpaired) electrons. The zero-order valence-electron chi connectivity index (χ0n) is 16.9. The Hall–Kier alpha value is -2.59. The van der Waals surface area contributed by atoms with Crippen LogP contribution in [0.2, 0.25) is 0 Å². The molecule has 4 nitrogen and oxygen atoms in total. The van der Waals surface area contributed by atoms with Gasteiger partial charge in [-0.05, 0) is 38.0 Å². The lowest BCUT2D eigenvalue weighted by Crippen LogP contribution is -2.31. The van der Waals surface area contributed by atoms with E-state index in [0.717, 1.165) is 24.0 Å². The second-order valence-electron chi connectivity index (χ2n) is 6.98. The number of aliphatic hydroxyl groups is 1. The van der Waals surface area contributed by atoms with E-state index in [-0.39, 0.29) is 12.0 Å². The molecule has 1 unspecified atom stereocenters. The third-order valence-electron chi connectivity index (χ3n) is 4.70. The molecule has 4 heteroatoms. The third-order valence-corrected chi connectivity index (χ3v) is 4.70. The molecule has 150 valence electrons. The highest BCUT2D eigenvalue weighted by Crippen LogP contribution is 2.22. The van der Waals surface area contributed by atoms with E-state index < -0.39 is 12.1 Å². The van der Waals surface area contributed by atoms with Gasteiger partial charge < -0.3 is 14.6 Å². The van der Waals surface area contributed by atoms with E-state index in [1.54, 1.807) is 13.0 Å². The summed E-state index contributed by atoms with van der Waals surface area (Å²) in [4.78, 5) is 12.2. The van der Waals surface area contributed by atoms with Gasteiger partial charge in [-0.15, -0.1) is 0 Å². The molecule has 0 saturated carbocycles. The van der Waals surface area contributed by atoms with Crippen molar-refractivity contribution in [2.24, 2.45) is 5.92 Å². The van der Waals surface area contributed by atoms with Crippen LogP contribution in [0.4, 0.5) is 0 Å². The molecule has 0 heterocycles. The lowest BCUT2D eigenvalue weighted by Gasteiger charge is -2.25. The van der Waals surface area contributed by atoms with Gasteiger partial charge in [0.2, 0.25) is 0 Å². The molecule has 0 amide bonds. The molecule has 28 heavy (non-hydrogen) atoms. The minimum atomic E-state index is -0.515. The summed E-state index contributed by atoms with van der Waals surface area (Å²) in [5.41, 5.74) is 1.89. The van der Waals surface area contributed by atoms with Crippen molar-refractivity contribution in [1.29, 1.82) is 0 Å². The predicted molar refractivity (Wildman–Crippen MR) is 112 cm³/mol. The molecule has 0 saturated heterocycles. The summed E-state index contributed by atoms with van der Waals surface area (Å²) >= 11 is 0. The Bertz CT molecular complexity index is 752. The molecule has 3 atom stereocenters. The molecule has 1 N–H and O–H groups in total. The van der Waals surface area contributed by atoms with Crippen molar-refractivity contribution in [2.75, 3.05) is 0 Å². The van der Waals surface area contributed by atoms with E-state index in [1.165, 1.54) is 6.08 Å². The minimum absolute atomic E-state index is 0.0659. The topological polar surface area (TPSA) is 55.8 Å². The first-order chi connectivity index (χ1) is 13.5. The van der Waals surface area contributed by atoms with Gasteiger partial charge in [0.05, 0.1) is 6.10 Å². The third kappa shape index (κ3) is 6.86. The SMILES string of the molecule is CCCC([C@H](C)OC(=O)C=Cc1ccccc1OCc1ccccc1)[C@@H](C)O. The normalized spacial score (nSPS) is 14.4. The van der Waals surface area contributed by atoms with Crippen LogP contribution in [0, 0.1) is 5.92 Å². The Labute approximate surface area is 167 Å². The Balaban J connectivity index is 1.98. The number of rotatable bonds is 10. The molecule has 2 aromatic carbocycles. The van der Waals surface area contributed by atoms with Gasteiger partial charge >= 0.3 is 5.97 Å². The summed E-state index contributed by atoms with van der Waals surface area (Å²) in [7, 11) is 0. The first-order valence-corrected chi connectivity index (χ1v) is 9.83. The van der Waals surface area contributed by atoms with Crippen LogP contribution >= 0.6 is 0 Å². The second kappa shape index (κ2) is 11.3. The quantitative estimate of drug-likeness (QED) is 0.464. The van der Waals surface area contributed by atoms with Crippen LogP contribution in [0.1, 0.15) is 44.7 Å². The molecule has 0 aromatic heterocycles. The number of benzene rings is 2. The number of para-hydroxylation sites is 1. The van der Waals surface area contributed by atoms with Crippen LogP contribution in [0.5, 0.6) is 5.75 Å². The molecule has 0 aliphatic rings. The van der Waals surface area contributed by atoms with Crippen LogP contribution < -0.4 is 4.74 Å². The summed E-state index contributed by atoms with van der Waals surface area (Å²) in [5, 5.41) is 9.90. The molecule has 2 aromatic rings. The fourth-order valence-electron chi connectivity index (χ4n) is 3.15. The minimum Gasteiger partial charge on any atom is -0.488 e. The largest absolute Gasteiger partial charge is 0.488 e. The van der Waals surface area contributed by atoms with Crippen LogP contribution in [0.3, 0.4) is 0 Å². The fourth-order valence-corrected chi connectivity index (χ4v) is 3.15. The van der Waals surface area contributed by atoms with Crippen molar-refractivity contribution < 1.29 is 19.4 Å². The van der Waals surface area contributed by atoms with Crippen LogP contribution in [0.25, 0.3) is 6.08 Å². The van der Waals surface area contributed by atoms with Gasteiger partial charge in [-0.1, -0.05) is 61.9 Å². The number of hydrogen-bond donors (Lipinski definition) is 1. The highest BCUT2D eigenvalue weighted by molar-refractivity contribution is 5.87. The van der Waals surface area contributed by atoms with E-state index >= 15 is 0 Å². The van der Waals surface area contributed by atoms with Gasteiger partial charge in [0.1, 0.15) is 18.5 Å². The first-order valence-electron chi connectivity index (χ1n) is 9.83. The smallest absolute Gasteiger partial charge is 0.331 e. The summed E-state index contributed by atoms with van der Waals surface area (Å²) in [6.07, 6.45) is 3.99. The highest BCUT2D eigenvalue weighted by Gasteiger charge is 2.24. The van der Waals surface area contributed by atoms with Gasteiger partial charge in [-0.2, -0.15) is 0 Å². The number of aliphatic hydroxyl groups excluding tert-OH is 1. The van der Waals surface area contributed by atoms with E-state index in [2.05, 4.69) is 6.92 Å². The van der Waals surface area contributed by atoms with E-state index in [9.17, 15) is 9.90 Å². The molecular formula is C24H30O4. The summed E-state index contributed by atoms with van der Waals surface area (Å²) < 4.78 is 11.4. The molecule has 0 fully saturated rings. The Kier molecular flexibility index (Phi) is 8.76. The molecule has 0 aliphatic heterocycles. The molecule has 0 spiro atoms. The predicted octanol–water partition coefficient (Wildman–Crippen LogP) is 5.01. The van der Waals surface area contributed by atoms with Crippen molar-refractivity contribution >= 4 is 12.0 Å². The average Bonchev–Trinajstić information content (AvgIpc) is 2.70. The van der Waals surface area contributed by atoms with E-state index in [1.807, 2.05) is 61.5 Å². The summed E-state index contributed by atoms with van der Waals surface area (Å²) in [5.74, 6) is 0.215. The monoisotopic (exact) mass is 382 g/mol. The van der Waals surface area contributed by atoms with Crippen LogP contribution in [-0.4, -0.2) is 23.3 Å². The van der Waals surface area contributed by atoms with Gasteiger partial charge in [0.15, 0.2) is 0 Å². The summed E-state index contributed by atoms with van der Waals surface area (Å²) in [6, 6.07) is 17.5. The number of carbonyl (C=O) groups excluding carboxylic acids is 1. The molecule has 2 rings (SSSR count). The molecule has 0 bridgehead atoms. The maximum atomic E-state index is 12.2. The number of esters is 1. The maximum absolute atomic E-state index is 12.2. The van der Waals surface area contributed by atoms with Gasteiger partial charge in [-0.3, -0.25) is 0 Å². The molecule has 0 aliphatic carbocycles. The number of hydrogen-bond acceptors (Lipinski definition) is 4. The lowest BCUT2D eigenvalue weighted by atomic mass is 9.93. The lowest BCUT2D eigenvalue weighted by molar-refractivity contribution is -0.146. The van der Waals surface area contributed by atoms with Gasteiger partial charge in [0.25, 0.3) is 0 Å². The highest BCUT2D eigenvalue weighted by atomic mass is 16.5. The Morgan fingerprint density at radius 1 is 1.07 bits per heavy atom. The van der Waals surface area contributed by atoms with Crippen molar-refractivity contribution in [2.45, 2.75) is 52.4 Å².